The van der Waals surface area contributed by atoms with Gasteiger partial charge in [-0.1, -0.05) is 0 Å². The van der Waals surface area contributed by atoms with Gasteiger partial charge in [0.05, 0.1) is 5.29 Å². The fourth-order valence-corrected chi connectivity index (χ4v) is 0.589. The smallest absolute Gasteiger partial charge is 0.270 e. The average molecular weight is 144 g/mol. The topological polar surface area (TPSA) is 96.1 Å². The number of rotatable bonds is 1. The first-order valence-electron chi connectivity index (χ1n) is 2.39. The monoisotopic (exact) mass is 144 g/mol. The largest absolute Gasteiger partial charge is 0.365 e. The van der Waals surface area contributed by atoms with E-state index in [2.05, 4.69) is 5.29 Å². The molecular weight excluding hydrogens is 140 g/mol. The molecular formula is C3H4N4O3. The van der Waals surface area contributed by atoms with Crippen LogP contribution in [0, 0.1) is 4.91 Å². The lowest BCUT2D eigenvalue weighted by molar-refractivity contribution is -0.125. The summed E-state index contributed by atoms with van der Waals surface area (Å²) >= 11 is 0. The van der Waals surface area contributed by atoms with Crippen molar-refractivity contribution in [3.05, 3.63) is 4.91 Å². The number of hydrogen-bond acceptors (Lipinski definition) is 5. The van der Waals surface area contributed by atoms with E-state index in [0.29, 0.717) is 5.01 Å². The van der Waals surface area contributed by atoms with Gasteiger partial charge in [0, 0.05) is 0 Å². The maximum atomic E-state index is 10.6. The van der Waals surface area contributed by atoms with Gasteiger partial charge in [0.1, 0.15) is 6.54 Å². The first kappa shape index (κ1) is 6.62. The molecule has 54 valence electrons. The van der Waals surface area contributed by atoms with Crippen molar-refractivity contribution in [3.8, 4) is 0 Å². The second-order valence-corrected chi connectivity index (χ2v) is 1.70. The zero-order valence-electron chi connectivity index (χ0n) is 4.85. The molecule has 7 nitrogen and oxygen atoms in total. The van der Waals surface area contributed by atoms with Crippen LogP contribution in [0.3, 0.4) is 0 Å². The molecule has 0 atom stereocenters. The number of nitrogens with two attached hydrogens (primary N) is 1. The summed E-state index contributed by atoms with van der Waals surface area (Å²) in [5.41, 5.74) is 0. The van der Waals surface area contributed by atoms with Gasteiger partial charge in [-0.3, -0.25) is 9.80 Å². The summed E-state index contributed by atoms with van der Waals surface area (Å²) in [4.78, 5) is 30.8. The summed E-state index contributed by atoms with van der Waals surface area (Å²) in [5, 5.41) is 2.96. The number of nitrogens with zero attached hydrogens (tertiary/aromatic N) is 3. The van der Waals surface area contributed by atoms with E-state index in [4.69, 9.17) is 5.84 Å². The fraction of sp³-hybridized carbons (Fsp3) is 0.333. The number of carbonyl (C=O) groups excluding carboxylic acids is 2. The number of imide groups is 1. The van der Waals surface area contributed by atoms with E-state index in [1.165, 1.54) is 0 Å². The molecule has 1 rings (SSSR count). The highest BCUT2D eigenvalue weighted by Gasteiger charge is 2.35. The van der Waals surface area contributed by atoms with E-state index in [1.807, 2.05) is 0 Å². The molecule has 1 heterocycles. The van der Waals surface area contributed by atoms with Gasteiger partial charge in [0.2, 0.25) is 0 Å². The first-order valence-corrected chi connectivity index (χ1v) is 2.39. The molecule has 0 aliphatic carbocycles. The molecule has 0 spiro atoms. The Kier molecular flexibility index (Phi) is 1.34. The number of nitroso groups, excluding NO2 is 1. The zero-order chi connectivity index (χ0) is 7.72. The van der Waals surface area contributed by atoms with Gasteiger partial charge in [0.15, 0.2) is 0 Å². The summed E-state index contributed by atoms with van der Waals surface area (Å²) in [6.07, 6.45) is 0. The van der Waals surface area contributed by atoms with E-state index in [9.17, 15) is 14.5 Å². The van der Waals surface area contributed by atoms with Crippen LogP contribution in [-0.2, 0) is 4.79 Å². The van der Waals surface area contributed by atoms with E-state index in [-0.39, 0.29) is 11.6 Å². The number of urea groups is 1. The number of hydrazine groups is 1. The molecule has 1 saturated heterocycles. The van der Waals surface area contributed by atoms with Gasteiger partial charge in [-0.25, -0.2) is 10.6 Å². The van der Waals surface area contributed by atoms with E-state index in [0.717, 1.165) is 0 Å². The maximum Gasteiger partial charge on any atom is 0.365 e. The van der Waals surface area contributed by atoms with Crippen LogP contribution in [0.4, 0.5) is 4.79 Å². The molecule has 1 aliphatic rings. The van der Waals surface area contributed by atoms with Crippen molar-refractivity contribution in [1.29, 1.82) is 0 Å². The van der Waals surface area contributed by atoms with Gasteiger partial charge < -0.3 is 0 Å². The third kappa shape index (κ3) is 0.722. The Morgan fingerprint density at radius 2 is 2.10 bits per heavy atom. The minimum atomic E-state index is -0.889. The van der Waals surface area contributed by atoms with Crippen LogP contribution in [-0.4, -0.2) is 28.5 Å². The van der Waals surface area contributed by atoms with Crippen molar-refractivity contribution in [3.63, 3.8) is 0 Å². The van der Waals surface area contributed by atoms with Crippen molar-refractivity contribution < 1.29 is 9.59 Å². The summed E-state index contributed by atoms with van der Waals surface area (Å²) < 4.78 is 0. The fourth-order valence-electron chi connectivity index (χ4n) is 0.589. The highest BCUT2D eigenvalue weighted by molar-refractivity contribution is 6.01. The van der Waals surface area contributed by atoms with Gasteiger partial charge in [-0.2, -0.15) is 0 Å². The third-order valence-electron chi connectivity index (χ3n) is 1.05. The molecule has 0 aromatic carbocycles. The molecule has 0 unspecified atom stereocenters. The Labute approximate surface area is 55.3 Å². The van der Waals surface area contributed by atoms with Crippen molar-refractivity contribution in [1.82, 2.24) is 10.0 Å². The molecule has 0 saturated carbocycles. The summed E-state index contributed by atoms with van der Waals surface area (Å²) in [6.45, 7) is -0.287. The molecule has 3 amide bonds. The van der Waals surface area contributed by atoms with Crippen molar-refractivity contribution in [2.75, 3.05) is 6.54 Å². The van der Waals surface area contributed by atoms with Crippen molar-refractivity contribution in [2.45, 2.75) is 0 Å². The van der Waals surface area contributed by atoms with Crippen LogP contribution in [0.5, 0.6) is 0 Å². The van der Waals surface area contributed by atoms with Crippen LogP contribution in [0.15, 0.2) is 5.29 Å². The second kappa shape index (κ2) is 2.03. The van der Waals surface area contributed by atoms with Crippen LogP contribution < -0.4 is 5.84 Å². The SMILES string of the molecule is NN1CC(=O)N(N=O)C1=O. The molecule has 0 aromatic rings. The zero-order valence-corrected chi connectivity index (χ0v) is 4.85. The van der Waals surface area contributed by atoms with Crippen LogP contribution in [0.2, 0.25) is 0 Å². The van der Waals surface area contributed by atoms with E-state index < -0.39 is 11.9 Å². The summed E-state index contributed by atoms with van der Waals surface area (Å²) in [5.74, 6) is 4.25. The lowest BCUT2D eigenvalue weighted by Gasteiger charge is -2.02. The Bertz CT molecular complexity index is 202. The number of amides is 3. The second-order valence-electron chi connectivity index (χ2n) is 1.70. The third-order valence-corrected chi connectivity index (χ3v) is 1.05. The first-order chi connectivity index (χ1) is 4.66. The van der Waals surface area contributed by atoms with Crippen LogP contribution in [0.25, 0.3) is 0 Å². The number of carbonyl (C=O) groups is 2. The van der Waals surface area contributed by atoms with Crippen molar-refractivity contribution in [2.24, 2.45) is 11.1 Å². The Morgan fingerprint density at radius 1 is 1.50 bits per heavy atom. The summed E-state index contributed by atoms with van der Waals surface area (Å²) in [6, 6.07) is -0.889. The van der Waals surface area contributed by atoms with Crippen molar-refractivity contribution >= 4 is 11.9 Å². The molecule has 2 N–H and O–H groups in total. The lowest BCUT2D eigenvalue weighted by Crippen LogP contribution is -2.34. The molecule has 10 heavy (non-hydrogen) atoms. The van der Waals surface area contributed by atoms with Crippen LogP contribution in [0.1, 0.15) is 0 Å². The van der Waals surface area contributed by atoms with E-state index >= 15 is 0 Å². The molecule has 0 aromatic heterocycles. The number of hydrogen-bond donors (Lipinski definition) is 1. The molecule has 0 bridgehead atoms. The standard InChI is InChI=1S/C3H4N4O3/c4-6-1-2(8)7(5-10)3(6)9/h1,4H2. The molecule has 1 fully saturated rings. The predicted molar refractivity (Wildman–Crippen MR) is 28.9 cm³/mol. The summed E-state index contributed by atoms with van der Waals surface area (Å²) in [7, 11) is 0. The van der Waals surface area contributed by atoms with Crippen LogP contribution >= 0.6 is 0 Å². The molecule has 0 radical (unpaired) electrons. The lowest BCUT2D eigenvalue weighted by atomic mass is 10.6. The minimum Gasteiger partial charge on any atom is -0.270 e. The predicted octanol–water partition coefficient (Wildman–Crippen LogP) is -1.19. The molecule has 1 aliphatic heterocycles. The highest BCUT2D eigenvalue weighted by Crippen LogP contribution is 2.04. The maximum absolute atomic E-state index is 10.6. The highest BCUT2D eigenvalue weighted by atomic mass is 16.3. The quantitative estimate of drug-likeness (QED) is 0.216. The molecule has 7 heteroatoms. The minimum absolute atomic E-state index is 0.181. The van der Waals surface area contributed by atoms with Gasteiger partial charge in [0.25, 0.3) is 5.91 Å². The van der Waals surface area contributed by atoms with Gasteiger partial charge in [-0.05, 0) is 0 Å². The Morgan fingerprint density at radius 3 is 2.30 bits per heavy atom. The van der Waals surface area contributed by atoms with E-state index in [1.54, 1.807) is 0 Å². The Hall–Kier alpha value is -1.50. The van der Waals surface area contributed by atoms with Gasteiger partial charge in [-0.15, -0.1) is 9.92 Å². The van der Waals surface area contributed by atoms with Gasteiger partial charge >= 0.3 is 6.03 Å². The Balaban J connectivity index is 2.83. The average Bonchev–Trinajstić information content (AvgIpc) is 2.09. The normalized spacial score (nSPS) is 18.5.